The maximum Gasteiger partial charge on any atom is 0.228 e. The number of piperazine rings is 1. The van der Waals surface area contributed by atoms with Gasteiger partial charge >= 0.3 is 0 Å². The Labute approximate surface area is 126 Å². The molecule has 0 radical (unpaired) electrons. The average Bonchev–Trinajstić information content (AvgIpc) is 2.77. The van der Waals surface area contributed by atoms with Gasteiger partial charge in [-0.25, -0.2) is 0 Å². The highest BCUT2D eigenvalue weighted by Gasteiger charge is 2.37. The van der Waals surface area contributed by atoms with Crippen molar-refractivity contribution in [2.75, 3.05) is 46.4 Å². The molecule has 0 aromatic rings. The summed E-state index contributed by atoms with van der Waals surface area (Å²) >= 11 is 0. The smallest absolute Gasteiger partial charge is 0.228 e. The first kappa shape index (κ1) is 17.2. The summed E-state index contributed by atoms with van der Waals surface area (Å²) < 4.78 is 4.98. The monoisotopic (exact) mass is 305 g/mol. The number of amides is 2. The van der Waals surface area contributed by atoms with Gasteiger partial charge in [0.15, 0.2) is 0 Å². The van der Waals surface area contributed by atoms with E-state index in [0.717, 1.165) is 19.6 Å². The predicted molar refractivity (Wildman–Crippen MR) is 77.9 cm³/mol. The van der Waals surface area contributed by atoms with Crippen molar-refractivity contribution in [3.8, 4) is 0 Å². The topological polar surface area (TPSA) is 61.9 Å². The van der Waals surface area contributed by atoms with Crippen LogP contribution in [-0.2, 0) is 14.3 Å². The van der Waals surface area contributed by atoms with Crippen LogP contribution in [0.3, 0.4) is 0 Å². The summed E-state index contributed by atoms with van der Waals surface area (Å²) in [6.07, 6.45) is 0.346. The first-order chi connectivity index (χ1) is 9.13. The molecule has 2 saturated heterocycles. The molecule has 0 aromatic carbocycles. The van der Waals surface area contributed by atoms with E-state index in [0.29, 0.717) is 26.1 Å². The maximum absolute atomic E-state index is 12.5. The lowest BCUT2D eigenvalue weighted by Gasteiger charge is -2.35. The lowest BCUT2D eigenvalue weighted by molar-refractivity contribution is -0.138. The highest BCUT2D eigenvalue weighted by atomic mass is 35.5. The van der Waals surface area contributed by atoms with Crippen LogP contribution < -0.4 is 5.32 Å². The van der Waals surface area contributed by atoms with Crippen molar-refractivity contribution >= 4 is 24.2 Å². The largest absolute Gasteiger partial charge is 0.383 e. The Morgan fingerprint density at radius 3 is 2.90 bits per heavy atom. The molecule has 0 bridgehead atoms. The second kappa shape index (κ2) is 7.81. The van der Waals surface area contributed by atoms with Crippen molar-refractivity contribution in [1.82, 2.24) is 15.1 Å². The van der Waals surface area contributed by atoms with Gasteiger partial charge in [0.2, 0.25) is 11.8 Å². The van der Waals surface area contributed by atoms with E-state index in [9.17, 15) is 9.59 Å². The molecule has 116 valence electrons. The Hall–Kier alpha value is -0.850. The van der Waals surface area contributed by atoms with Crippen LogP contribution in [0.1, 0.15) is 13.3 Å². The minimum atomic E-state index is -0.176. The fourth-order valence-corrected chi connectivity index (χ4v) is 2.76. The standard InChI is InChI=1S/C13H23N3O3.ClH/c1-10-8-14-3-4-16(10)13(18)11-7-12(17)15(9-11)5-6-19-2;/h10-11,14H,3-9H2,1-2H3;1H/t10-,11?;/m1./s1. The Morgan fingerprint density at radius 2 is 2.25 bits per heavy atom. The maximum atomic E-state index is 12.5. The molecule has 2 amide bonds. The molecule has 0 aliphatic carbocycles. The number of methoxy groups -OCH3 is 1. The van der Waals surface area contributed by atoms with Crippen LogP contribution in [0, 0.1) is 5.92 Å². The van der Waals surface area contributed by atoms with E-state index in [4.69, 9.17) is 4.74 Å². The van der Waals surface area contributed by atoms with Crippen LogP contribution in [0.4, 0.5) is 0 Å². The van der Waals surface area contributed by atoms with Crippen LogP contribution in [0.15, 0.2) is 0 Å². The van der Waals surface area contributed by atoms with Crippen molar-refractivity contribution in [3.63, 3.8) is 0 Å². The van der Waals surface area contributed by atoms with E-state index in [2.05, 4.69) is 5.32 Å². The fourth-order valence-electron chi connectivity index (χ4n) is 2.76. The third-order valence-corrected chi connectivity index (χ3v) is 3.91. The minimum absolute atomic E-state index is 0. The zero-order valence-corrected chi connectivity index (χ0v) is 12.9. The molecule has 20 heavy (non-hydrogen) atoms. The first-order valence-electron chi connectivity index (χ1n) is 6.91. The lowest BCUT2D eigenvalue weighted by Crippen LogP contribution is -2.54. The number of carbonyl (C=O) groups is 2. The summed E-state index contributed by atoms with van der Waals surface area (Å²) in [7, 11) is 1.62. The van der Waals surface area contributed by atoms with Crippen molar-refractivity contribution in [2.24, 2.45) is 5.92 Å². The number of nitrogens with one attached hydrogen (secondary N) is 1. The molecule has 2 atom stereocenters. The quantitative estimate of drug-likeness (QED) is 0.776. The summed E-state index contributed by atoms with van der Waals surface area (Å²) in [5, 5.41) is 3.27. The number of rotatable bonds is 4. The SMILES string of the molecule is COCCN1CC(C(=O)N2CCNC[C@H]2C)CC1=O.Cl. The summed E-state index contributed by atoms with van der Waals surface area (Å²) in [6, 6.07) is 0.212. The molecule has 2 heterocycles. The molecule has 2 aliphatic rings. The highest BCUT2D eigenvalue weighted by Crippen LogP contribution is 2.21. The molecule has 2 fully saturated rings. The van der Waals surface area contributed by atoms with Gasteiger partial charge in [-0.15, -0.1) is 12.4 Å². The number of carbonyl (C=O) groups excluding carboxylic acids is 2. The summed E-state index contributed by atoms with van der Waals surface area (Å²) in [5.41, 5.74) is 0. The second-order valence-electron chi connectivity index (χ2n) is 5.32. The van der Waals surface area contributed by atoms with Crippen LogP contribution in [0.2, 0.25) is 0 Å². The molecular weight excluding hydrogens is 282 g/mol. The van der Waals surface area contributed by atoms with Crippen molar-refractivity contribution in [2.45, 2.75) is 19.4 Å². The number of hydrogen-bond acceptors (Lipinski definition) is 4. The van der Waals surface area contributed by atoms with E-state index in [1.165, 1.54) is 0 Å². The van der Waals surface area contributed by atoms with Crippen molar-refractivity contribution < 1.29 is 14.3 Å². The molecule has 0 saturated carbocycles. The van der Waals surface area contributed by atoms with Crippen LogP contribution in [0.5, 0.6) is 0 Å². The molecule has 6 nitrogen and oxygen atoms in total. The van der Waals surface area contributed by atoms with Gasteiger partial charge in [-0.1, -0.05) is 0 Å². The van der Waals surface area contributed by atoms with Gasteiger partial charge in [0.25, 0.3) is 0 Å². The normalized spacial score (nSPS) is 26.6. The van der Waals surface area contributed by atoms with E-state index < -0.39 is 0 Å². The molecule has 0 aromatic heterocycles. The van der Waals surface area contributed by atoms with Gasteiger partial charge in [-0.2, -0.15) is 0 Å². The van der Waals surface area contributed by atoms with Gasteiger partial charge in [0, 0.05) is 52.3 Å². The Balaban J connectivity index is 0.00000200. The van der Waals surface area contributed by atoms with E-state index in [-0.39, 0.29) is 36.2 Å². The van der Waals surface area contributed by atoms with Gasteiger partial charge < -0.3 is 19.9 Å². The number of likely N-dealkylation sites (tertiary alicyclic amines) is 1. The van der Waals surface area contributed by atoms with Crippen LogP contribution in [-0.4, -0.2) is 74.1 Å². The summed E-state index contributed by atoms with van der Waals surface area (Å²) in [6.45, 7) is 6.10. The summed E-state index contributed by atoms with van der Waals surface area (Å²) in [5.74, 6) is 0.0189. The predicted octanol–water partition coefficient (Wildman–Crippen LogP) is -0.277. The van der Waals surface area contributed by atoms with E-state index >= 15 is 0 Å². The zero-order valence-electron chi connectivity index (χ0n) is 12.1. The molecule has 0 spiro atoms. The molecule has 1 N–H and O–H groups in total. The first-order valence-corrected chi connectivity index (χ1v) is 6.91. The molecule has 7 heteroatoms. The van der Waals surface area contributed by atoms with Crippen LogP contribution in [0.25, 0.3) is 0 Å². The highest BCUT2D eigenvalue weighted by molar-refractivity contribution is 5.89. The van der Waals surface area contributed by atoms with Crippen molar-refractivity contribution in [3.05, 3.63) is 0 Å². The minimum Gasteiger partial charge on any atom is -0.383 e. The molecule has 1 unspecified atom stereocenters. The Morgan fingerprint density at radius 1 is 1.50 bits per heavy atom. The number of halogens is 1. The van der Waals surface area contributed by atoms with Gasteiger partial charge in [0.05, 0.1) is 12.5 Å². The van der Waals surface area contributed by atoms with E-state index in [1.54, 1.807) is 12.0 Å². The van der Waals surface area contributed by atoms with E-state index in [1.807, 2.05) is 11.8 Å². The molecule has 2 rings (SSSR count). The number of hydrogen-bond donors (Lipinski definition) is 1. The number of nitrogens with zero attached hydrogens (tertiary/aromatic N) is 2. The third kappa shape index (κ3) is 3.84. The van der Waals surface area contributed by atoms with Crippen molar-refractivity contribution in [1.29, 1.82) is 0 Å². The summed E-state index contributed by atoms with van der Waals surface area (Å²) in [4.78, 5) is 28.0. The Bertz CT molecular complexity index is 354. The van der Waals surface area contributed by atoms with Gasteiger partial charge in [-0.3, -0.25) is 9.59 Å². The van der Waals surface area contributed by atoms with Gasteiger partial charge in [-0.05, 0) is 6.92 Å². The zero-order chi connectivity index (χ0) is 13.8. The fraction of sp³-hybridized carbons (Fsp3) is 0.846. The average molecular weight is 306 g/mol. The lowest BCUT2D eigenvalue weighted by atomic mass is 10.1. The number of ether oxygens (including phenoxy) is 1. The van der Waals surface area contributed by atoms with Crippen LogP contribution >= 0.6 is 12.4 Å². The molecule has 2 aliphatic heterocycles. The molecular formula is C13H24ClN3O3. The third-order valence-electron chi connectivity index (χ3n) is 3.91. The Kier molecular flexibility index (Phi) is 6.71. The second-order valence-corrected chi connectivity index (χ2v) is 5.32. The van der Waals surface area contributed by atoms with Gasteiger partial charge in [0.1, 0.15) is 0 Å².